The third kappa shape index (κ3) is 10.2. The van der Waals surface area contributed by atoms with Crippen LogP contribution in [0, 0.1) is 0 Å². The third-order valence-electron chi connectivity index (χ3n) is 5.31. The van der Waals surface area contributed by atoms with Crippen molar-refractivity contribution in [1.29, 1.82) is 0 Å². The molecular formula is C30H34Cu2N4. The van der Waals surface area contributed by atoms with Crippen LogP contribution in [0.2, 0.25) is 0 Å². The maximum atomic E-state index is 4.38. The van der Waals surface area contributed by atoms with Crippen molar-refractivity contribution in [3.05, 3.63) is 108 Å². The van der Waals surface area contributed by atoms with E-state index in [-0.39, 0.29) is 45.0 Å². The van der Waals surface area contributed by atoms with Gasteiger partial charge in [0.15, 0.2) is 0 Å². The first kappa shape index (κ1) is 31.4. The maximum absolute atomic E-state index is 4.38. The van der Waals surface area contributed by atoms with Crippen LogP contribution in [0.4, 0.5) is 11.4 Å². The average molecular weight is 578 g/mol. The summed E-state index contributed by atoms with van der Waals surface area (Å²) in [4.78, 5) is 17.0. The predicted octanol–water partition coefficient (Wildman–Crippen LogP) is 7.38. The van der Waals surface area contributed by atoms with E-state index in [4.69, 9.17) is 0 Å². The van der Waals surface area contributed by atoms with E-state index in [0.717, 1.165) is 22.8 Å². The summed E-state index contributed by atoms with van der Waals surface area (Å²) in [5, 5.41) is 0. The molecule has 0 spiro atoms. The van der Waals surface area contributed by atoms with Crippen molar-refractivity contribution in [2.45, 2.75) is 52.4 Å². The molecule has 0 unspecified atom stereocenters. The molecule has 0 aliphatic rings. The van der Waals surface area contributed by atoms with E-state index in [0.29, 0.717) is 0 Å². The molecule has 0 amide bonds. The molecule has 0 aliphatic carbocycles. The predicted molar refractivity (Wildman–Crippen MR) is 144 cm³/mol. The van der Waals surface area contributed by atoms with Gasteiger partial charge in [0, 0.05) is 12.4 Å². The number of hydrogen-bond donors (Lipinski definition) is 0. The standard InChI is InChI=1S/2C15H17N2.2Cu/c2*1-15(2,3)12-6-8-13(9-7-12)17-11-14-5-4-10-16-14;;/h2*4-11H,1-3H3;;/q2*-1;2*+1. The average Bonchev–Trinajstić information content (AvgIpc) is 3.50. The molecular weight excluding hydrogens is 543 g/mol. The molecule has 0 radical (unpaired) electrons. The van der Waals surface area contributed by atoms with Gasteiger partial charge < -0.3 is 9.97 Å². The number of hydrogen-bond acceptors (Lipinski definition) is 2. The normalized spacial score (nSPS) is 11.5. The number of benzene rings is 2. The smallest absolute Gasteiger partial charge is 0.663 e. The fourth-order valence-corrected chi connectivity index (χ4v) is 3.16. The molecule has 2 heterocycles. The van der Waals surface area contributed by atoms with Gasteiger partial charge in [-0.25, -0.2) is 0 Å². The largest absolute Gasteiger partial charge is 1.00 e. The summed E-state index contributed by atoms with van der Waals surface area (Å²) in [5.74, 6) is 0. The van der Waals surface area contributed by atoms with Gasteiger partial charge in [0.05, 0.1) is 11.4 Å². The summed E-state index contributed by atoms with van der Waals surface area (Å²) in [6.45, 7) is 13.2. The van der Waals surface area contributed by atoms with Crippen molar-refractivity contribution in [2.24, 2.45) is 9.98 Å². The second-order valence-corrected chi connectivity index (χ2v) is 10.2. The van der Waals surface area contributed by atoms with Gasteiger partial charge in [-0.1, -0.05) is 90.1 Å². The first-order valence-electron chi connectivity index (χ1n) is 11.6. The van der Waals surface area contributed by atoms with Crippen molar-refractivity contribution in [3.63, 3.8) is 0 Å². The molecule has 4 nitrogen and oxygen atoms in total. The summed E-state index contributed by atoms with van der Waals surface area (Å²) in [6, 6.07) is 24.4. The van der Waals surface area contributed by atoms with E-state index in [9.17, 15) is 0 Å². The molecule has 36 heavy (non-hydrogen) atoms. The topological polar surface area (TPSA) is 52.9 Å². The quantitative estimate of drug-likeness (QED) is 0.188. The van der Waals surface area contributed by atoms with Gasteiger partial charge in [-0.05, 0) is 46.2 Å². The second kappa shape index (κ2) is 14.2. The molecule has 0 fully saturated rings. The van der Waals surface area contributed by atoms with Gasteiger partial charge in [0.1, 0.15) is 0 Å². The van der Waals surface area contributed by atoms with Gasteiger partial charge >= 0.3 is 34.1 Å². The zero-order valence-electron chi connectivity index (χ0n) is 21.6. The van der Waals surface area contributed by atoms with E-state index in [2.05, 4.69) is 85.8 Å². The molecule has 196 valence electrons. The van der Waals surface area contributed by atoms with Gasteiger partial charge in [-0.15, -0.1) is 11.4 Å². The van der Waals surface area contributed by atoms with Crippen molar-refractivity contribution in [1.82, 2.24) is 9.97 Å². The van der Waals surface area contributed by atoms with Gasteiger partial charge in [-0.3, -0.25) is 9.98 Å². The van der Waals surface area contributed by atoms with Crippen molar-refractivity contribution < 1.29 is 34.1 Å². The number of rotatable bonds is 4. The second-order valence-electron chi connectivity index (χ2n) is 10.2. The SMILES string of the molecule is CC(C)(C)c1ccc(N=Cc2ccc[n-]2)cc1.CC(C)(C)c1ccc(N=Cc2ccc[n-]2)cc1.[Cu+].[Cu+]. The first-order valence-corrected chi connectivity index (χ1v) is 11.6. The fourth-order valence-electron chi connectivity index (χ4n) is 3.16. The number of nitrogens with zero attached hydrogens (tertiary/aromatic N) is 4. The molecule has 2 aromatic heterocycles. The van der Waals surface area contributed by atoms with Gasteiger partial charge in [-0.2, -0.15) is 12.4 Å². The summed E-state index contributed by atoms with van der Waals surface area (Å²) in [6.07, 6.45) is 7.10. The van der Waals surface area contributed by atoms with Crippen LogP contribution >= 0.6 is 0 Å². The van der Waals surface area contributed by atoms with Crippen LogP contribution in [0.15, 0.2) is 95.2 Å². The van der Waals surface area contributed by atoms with E-state index in [1.165, 1.54) is 11.1 Å². The molecule has 6 heteroatoms. The Kier molecular flexibility index (Phi) is 12.4. The summed E-state index contributed by atoms with van der Waals surface area (Å²) in [5.41, 5.74) is 6.73. The molecule has 0 atom stereocenters. The van der Waals surface area contributed by atoms with Crippen molar-refractivity contribution in [2.75, 3.05) is 0 Å². The van der Waals surface area contributed by atoms with Crippen LogP contribution in [-0.2, 0) is 45.0 Å². The van der Waals surface area contributed by atoms with Crippen LogP contribution in [0.3, 0.4) is 0 Å². The fraction of sp³-hybridized carbons (Fsp3) is 0.267. The zero-order chi connectivity index (χ0) is 24.6. The van der Waals surface area contributed by atoms with E-state index >= 15 is 0 Å². The van der Waals surface area contributed by atoms with Gasteiger partial charge in [0.2, 0.25) is 0 Å². The number of aliphatic imine (C=N–C) groups is 2. The third-order valence-corrected chi connectivity index (χ3v) is 5.31. The molecule has 0 bridgehead atoms. The van der Waals surface area contributed by atoms with Crippen LogP contribution in [0.1, 0.15) is 64.1 Å². The zero-order valence-corrected chi connectivity index (χ0v) is 23.5. The molecule has 0 aliphatic heterocycles. The summed E-state index contributed by atoms with van der Waals surface area (Å²) in [7, 11) is 0. The van der Waals surface area contributed by atoms with E-state index < -0.39 is 0 Å². The molecule has 0 saturated carbocycles. The molecule has 0 N–H and O–H groups in total. The molecule has 0 saturated heterocycles. The van der Waals surface area contributed by atoms with Crippen molar-refractivity contribution in [3.8, 4) is 0 Å². The Bertz CT molecular complexity index is 1080. The van der Waals surface area contributed by atoms with Crippen LogP contribution in [0.5, 0.6) is 0 Å². The Balaban J connectivity index is 0.000000341. The maximum Gasteiger partial charge on any atom is 1.00 e. The van der Waals surface area contributed by atoms with Crippen LogP contribution in [0.25, 0.3) is 0 Å². The minimum Gasteiger partial charge on any atom is -0.663 e. The van der Waals surface area contributed by atoms with E-state index in [1.54, 1.807) is 24.8 Å². The minimum atomic E-state index is 0. The van der Waals surface area contributed by atoms with Gasteiger partial charge in [0.25, 0.3) is 0 Å². The molecule has 4 rings (SSSR count). The Labute approximate surface area is 237 Å². The number of aromatic nitrogens is 2. The molecule has 4 aromatic rings. The minimum absolute atomic E-state index is 0. The Morgan fingerprint density at radius 3 is 1.11 bits per heavy atom. The summed E-state index contributed by atoms with van der Waals surface area (Å²) >= 11 is 0. The van der Waals surface area contributed by atoms with E-state index in [1.807, 2.05) is 48.5 Å². The Morgan fingerprint density at radius 2 is 0.861 bits per heavy atom. The summed E-state index contributed by atoms with van der Waals surface area (Å²) < 4.78 is 0. The van der Waals surface area contributed by atoms with Crippen LogP contribution in [-0.4, -0.2) is 12.4 Å². The Hall–Kier alpha value is -2.62. The monoisotopic (exact) mass is 576 g/mol. The first-order chi connectivity index (χ1) is 16.1. The molecule has 2 aromatic carbocycles. The van der Waals surface area contributed by atoms with Crippen molar-refractivity contribution >= 4 is 23.8 Å². The Morgan fingerprint density at radius 1 is 0.528 bits per heavy atom. The van der Waals surface area contributed by atoms with Crippen LogP contribution < -0.4 is 9.97 Å².